The summed E-state index contributed by atoms with van der Waals surface area (Å²) in [5.74, 6) is -0.283. The minimum atomic E-state index is -0.871. The summed E-state index contributed by atoms with van der Waals surface area (Å²) < 4.78 is 0.996. The molecule has 4 heteroatoms. The quantitative estimate of drug-likeness (QED) is 0.887. The lowest BCUT2D eigenvalue weighted by atomic mass is 9.90. The van der Waals surface area contributed by atoms with E-state index in [1.807, 2.05) is 6.07 Å². The molecule has 0 aliphatic heterocycles. The van der Waals surface area contributed by atoms with Crippen molar-refractivity contribution in [1.29, 1.82) is 0 Å². The van der Waals surface area contributed by atoms with E-state index in [2.05, 4.69) is 4.98 Å². The predicted molar refractivity (Wildman–Crippen MR) is 72.4 cm³/mol. The number of carboxylic acid groups (broad SMARTS) is 1. The van der Waals surface area contributed by atoms with E-state index in [0.29, 0.717) is 11.5 Å². The van der Waals surface area contributed by atoms with Gasteiger partial charge in [0.05, 0.1) is 20.8 Å². The summed E-state index contributed by atoms with van der Waals surface area (Å²) >= 11 is 1.66. The first-order valence-corrected chi connectivity index (χ1v) is 7.19. The lowest BCUT2D eigenvalue weighted by Gasteiger charge is -2.18. The fraction of sp³-hybridized carbons (Fsp3) is 0.429. The molecule has 1 heterocycles. The van der Waals surface area contributed by atoms with Crippen molar-refractivity contribution in [2.75, 3.05) is 0 Å². The van der Waals surface area contributed by atoms with Crippen molar-refractivity contribution in [1.82, 2.24) is 4.98 Å². The molecular weight excluding hydrogens is 246 g/mol. The van der Waals surface area contributed by atoms with Crippen LogP contribution in [0.15, 0.2) is 18.2 Å². The summed E-state index contributed by atoms with van der Waals surface area (Å²) in [6, 6.07) is 5.19. The molecular formula is C14H15NO2S. The normalized spacial score (nSPS) is 17.1. The highest BCUT2D eigenvalue weighted by Gasteiger charge is 2.19. The van der Waals surface area contributed by atoms with Gasteiger partial charge in [-0.05, 0) is 31.0 Å². The Labute approximate surface area is 109 Å². The van der Waals surface area contributed by atoms with E-state index >= 15 is 0 Å². The molecule has 2 aromatic rings. The predicted octanol–water partition coefficient (Wildman–Crippen LogP) is 4.04. The molecule has 1 saturated carbocycles. The summed E-state index contributed by atoms with van der Waals surface area (Å²) in [6.07, 6.45) is 6.38. The monoisotopic (exact) mass is 261 g/mol. The summed E-state index contributed by atoms with van der Waals surface area (Å²) in [7, 11) is 0. The molecule has 3 rings (SSSR count). The van der Waals surface area contributed by atoms with E-state index in [0.717, 1.165) is 10.2 Å². The highest BCUT2D eigenvalue weighted by Crippen LogP contribution is 2.36. The van der Waals surface area contributed by atoms with Crippen molar-refractivity contribution in [3.63, 3.8) is 0 Å². The number of fused-ring (bicyclic) bond motifs is 1. The van der Waals surface area contributed by atoms with E-state index in [-0.39, 0.29) is 0 Å². The summed E-state index contributed by atoms with van der Waals surface area (Å²) in [4.78, 5) is 15.6. The van der Waals surface area contributed by atoms with E-state index < -0.39 is 5.97 Å². The van der Waals surface area contributed by atoms with Gasteiger partial charge < -0.3 is 5.11 Å². The van der Waals surface area contributed by atoms with Gasteiger partial charge in [0, 0.05) is 5.92 Å². The van der Waals surface area contributed by atoms with Gasteiger partial charge in [-0.1, -0.05) is 19.3 Å². The Bertz CT molecular complexity index is 584. The number of aromatic carboxylic acids is 1. The lowest BCUT2D eigenvalue weighted by molar-refractivity contribution is 0.0697. The zero-order valence-corrected chi connectivity index (χ0v) is 10.9. The minimum absolute atomic E-state index is 0.348. The molecule has 3 nitrogen and oxygen atoms in total. The number of aromatic nitrogens is 1. The molecule has 0 unspecified atom stereocenters. The Balaban J connectivity index is 1.97. The largest absolute Gasteiger partial charge is 0.478 e. The SMILES string of the molecule is O=C(O)c1ccc2nc(C3CCCCC3)sc2c1. The van der Waals surface area contributed by atoms with E-state index in [4.69, 9.17) is 5.11 Å². The van der Waals surface area contributed by atoms with Gasteiger partial charge in [0.2, 0.25) is 0 Å². The van der Waals surface area contributed by atoms with Crippen molar-refractivity contribution in [2.45, 2.75) is 38.0 Å². The number of hydrogen-bond acceptors (Lipinski definition) is 3. The maximum absolute atomic E-state index is 10.9. The third-order valence-electron chi connectivity index (χ3n) is 3.61. The van der Waals surface area contributed by atoms with Crippen molar-refractivity contribution >= 4 is 27.5 Å². The molecule has 1 aromatic heterocycles. The van der Waals surface area contributed by atoms with Crippen LogP contribution in [0.25, 0.3) is 10.2 Å². The van der Waals surface area contributed by atoms with Gasteiger partial charge in [0.25, 0.3) is 0 Å². The lowest BCUT2D eigenvalue weighted by Crippen LogP contribution is -2.03. The van der Waals surface area contributed by atoms with Crippen LogP contribution in [0.3, 0.4) is 0 Å². The van der Waals surface area contributed by atoms with Crippen molar-refractivity contribution in [3.05, 3.63) is 28.8 Å². The number of carboxylic acids is 1. The molecule has 0 atom stereocenters. The molecule has 1 aromatic carbocycles. The van der Waals surface area contributed by atoms with Gasteiger partial charge >= 0.3 is 5.97 Å². The first kappa shape index (κ1) is 11.7. The minimum Gasteiger partial charge on any atom is -0.478 e. The van der Waals surface area contributed by atoms with Crippen LogP contribution in [-0.4, -0.2) is 16.1 Å². The second-order valence-corrected chi connectivity index (χ2v) is 5.94. The van der Waals surface area contributed by atoms with Crippen LogP contribution in [0.2, 0.25) is 0 Å². The Morgan fingerprint density at radius 2 is 2.06 bits per heavy atom. The number of nitrogens with zero attached hydrogens (tertiary/aromatic N) is 1. The van der Waals surface area contributed by atoms with Crippen LogP contribution in [0.1, 0.15) is 53.4 Å². The van der Waals surface area contributed by atoms with Crippen molar-refractivity contribution < 1.29 is 9.90 Å². The maximum Gasteiger partial charge on any atom is 0.335 e. The first-order chi connectivity index (χ1) is 8.74. The van der Waals surface area contributed by atoms with Crippen molar-refractivity contribution in [3.8, 4) is 0 Å². The summed E-state index contributed by atoms with van der Waals surface area (Å²) in [5.41, 5.74) is 1.28. The Morgan fingerprint density at radius 1 is 1.28 bits per heavy atom. The van der Waals surface area contributed by atoms with Crippen LogP contribution >= 0.6 is 11.3 Å². The topological polar surface area (TPSA) is 50.2 Å². The summed E-state index contributed by atoms with van der Waals surface area (Å²) in [5, 5.41) is 10.2. The third kappa shape index (κ3) is 2.12. The van der Waals surface area contributed by atoms with Crippen LogP contribution < -0.4 is 0 Å². The van der Waals surface area contributed by atoms with Crippen LogP contribution in [0.5, 0.6) is 0 Å². The van der Waals surface area contributed by atoms with Gasteiger partial charge in [-0.25, -0.2) is 9.78 Å². The molecule has 1 aliphatic rings. The van der Waals surface area contributed by atoms with E-state index in [1.165, 1.54) is 37.1 Å². The maximum atomic E-state index is 10.9. The molecule has 1 fully saturated rings. The second-order valence-electron chi connectivity index (χ2n) is 4.87. The number of carbonyl (C=O) groups is 1. The zero-order chi connectivity index (χ0) is 12.5. The molecule has 0 radical (unpaired) electrons. The van der Waals surface area contributed by atoms with Gasteiger partial charge in [0.15, 0.2) is 0 Å². The average Bonchev–Trinajstić information content (AvgIpc) is 2.82. The Hall–Kier alpha value is -1.42. The fourth-order valence-corrected chi connectivity index (χ4v) is 3.78. The standard InChI is InChI=1S/C14H15NO2S/c16-14(17)10-6-7-11-12(8-10)18-13(15-11)9-4-2-1-3-5-9/h6-9H,1-5H2,(H,16,17). The highest BCUT2D eigenvalue weighted by molar-refractivity contribution is 7.18. The highest BCUT2D eigenvalue weighted by atomic mass is 32.1. The van der Waals surface area contributed by atoms with Crippen LogP contribution in [0, 0.1) is 0 Å². The Kier molecular flexibility index (Phi) is 3.04. The second kappa shape index (κ2) is 4.69. The third-order valence-corrected chi connectivity index (χ3v) is 4.79. The van der Waals surface area contributed by atoms with Gasteiger partial charge in [-0.2, -0.15) is 0 Å². The number of hydrogen-bond donors (Lipinski definition) is 1. The number of rotatable bonds is 2. The fourth-order valence-electron chi connectivity index (χ4n) is 2.60. The van der Waals surface area contributed by atoms with Gasteiger partial charge in [0.1, 0.15) is 0 Å². The molecule has 0 saturated heterocycles. The molecule has 0 bridgehead atoms. The molecule has 0 spiro atoms. The molecule has 1 N–H and O–H groups in total. The van der Waals surface area contributed by atoms with E-state index in [1.54, 1.807) is 23.5 Å². The zero-order valence-electron chi connectivity index (χ0n) is 10.1. The number of thiazole rings is 1. The van der Waals surface area contributed by atoms with Crippen LogP contribution in [0.4, 0.5) is 0 Å². The molecule has 0 amide bonds. The Morgan fingerprint density at radius 3 is 2.78 bits per heavy atom. The number of benzene rings is 1. The molecule has 1 aliphatic carbocycles. The van der Waals surface area contributed by atoms with E-state index in [9.17, 15) is 4.79 Å². The molecule has 18 heavy (non-hydrogen) atoms. The first-order valence-electron chi connectivity index (χ1n) is 6.38. The van der Waals surface area contributed by atoms with Gasteiger partial charge in [-0.3, -0.25) is 0 Å². The smallest absolute Gasteiger partial charge is 0.335 e. The van der Waals surface area contributed by atoms with Gasteiger partial charge in [-0.15, -0.1) is 11.3 Å². The van der Waals surface area contributed by atoms with Crippen LogP contribution in [-0.2, 0) is 0 Å². The summed E-state index contributed by atoms with van der Waals surface area (Å²) in [6.45, 7) is 0. The van der Waals surface area contributed by atoms with Crippen molar-refractivity contribution in [2.24, 2.45) is 0 Å². The molecule has 94 valence electrons. The average molecular weight is 261 g/mol.